The number of nitrogens with zero attached hydrogens (tertiary/aromatic N) is 2. The lowest BCUT2D eigenvalue weighted by Crippen LogP contribution is -2.29. The molecule has 0 aliphatic heterocycles. The molecule has 138 valence electrons. The standard InChI is InChI=1S/C26H19N2S/c1-14-12-19-17-6-4-5-7-20(17)28-21-13-16-9-11-29-26(16)18-8-10-27(3)25(23(18)21)22(15(14)2)24(19)28/h4-13H,1-3H3/q+1. The fourth-order valence-corrected chi connectivity index (χ4v) is 6.25. The molecular formula is C26H19N2S+. The largest absolute Gasteiger partial charge is 0.307 e. The van der Waals surface area contributed by atoms with E-state index in [2.05, 4.69) is 90.0 Å². The van der Waals surface area contributed by atoms with Crippen molar-refractivity contribution in [2.75, 3.05) is 0 Å². The molecule has 0 spiro atoms. The molecule has 2 nitrogen and oxygen atoms in total. The molecule has 0 amide bonds. The lowest BCUT2D eigenvalue weighted by molar-refractivity contribution is -0.643. The topological polar surface area (TPSA) is 8.29 Å². The third-order valence-corrected chi connectivity index (χ3v) is 7.73. The first kappa shape index (κ1) is 15.7. The van der Waals surface area contributed by atoms with Crippen molar-refractivity contribution >= 4 is 70.4 Å². The minimum Gasteiger partial charge on any atom is -0.307 e. The number of para-hydroxylation sites is 1. The molecule has 0 N–H and O–H groups in total. The SMILES string of the molecule is Cc1cc2c3ccccc3n3c4cc5ccsc5c5cc[n+](C)c(c(c1C)c23)c54. The van der Waals surface area contributed by atoms with Gasteiger partial charge < -0.3 is 4.40 Å². The van der Waals surface area contributed by atoms with Crippen LogP contribution in [0, 0.1) is 13.8 Å². The maximum Gasteiger partial charge on any atom is 0.224 e. The molecule has 0 radical (unpaired) electrons. The average molecular weight is 392 g/mol. The summed E-state index contributed by atoms with van der Waals surface area (Å²) in [6.07, 6.45) is 2.23. The zero-order valence-corrected chi connectivity index (χ0v) is 17.4. The first-order valence-electron chi connectivity index (χ1n) is 10.0. The molecule has 3 heteroatoms. The average Bonchev–Trinajstić information content (AvgIpc) is 3.32. The summed E-state index contributed by atoms with van der Waals surface area (Å²) in [6, 6.07) is 18.2. The highest BCUT2D eigenvalue weighted by molar-refractivity contribution is 7.18. The summed E-state index contributed by atoms with van der Waals surface area (Å²) in [5, 5.41) is 10.3. The van der Waals surface area contributed by atoms with Crippen LogP contribution in [-0.4, -0.2) is 4.40 Å². The number of aromatic nitrogens is 2. The molecule has 29 heavy (non-hydrogen) atoms. The Morgan fingerprint density at radius 1 is 0.862 bits per heavy atom. The Balaban J connectivity index is 2.02. The summed E-state index contributed by atoms with van der Waals surface area (Å²) >= 11 is 1.84. The molecule has 0 aliphatic rings. The molecule has 0 unspecified atom stereocenters. The van der Waals surface area contributed by atoms with Gasteiger partial charge in [0.25, 0.3) is 0 Å². The number of aryl methyl sites for hydroxylation is 3. The Kier molecular flexibility index (Phi) is 2.74. The second-order valence-electron chi connectivity index (χ2n) is 8.24. The van der Waals surface area contributed by atoms with Crippen molar-refractivity contribution in [2.45, 2.75) is 13.8 Å². The molecule has 0 saturated carbocycles. The van der Waals surface area contributed by atoms with E-state index in [-0.39, 0.29) is 0 Å². The van der Waals surface area contributed by atoms with Gasteiger partial charge in [0, 0.05) is 26.9 Å². The fraction of sp³-hybridized carbons (Fsp3) is 0.115. The summed E-state index contributed by atoms with van der Waals surface area (Å²) < 4.78 is 6.21. The van der Waals surface area contributed by atoms with Gasteiger partial charge >= 0.3 is 0 Å². The second-order valence-corrected chi connectivity index (χ2v) is 9.16. The predicted molar refractivity (Wildman–Crippen MR) is 125 cm³/mol. The number of fused-ring (bicyclic) bond motifs is 7. The maximum atomic E-state index is 2.51. The molecule has 7 aromatic rings. The normalized spacial score (nSPS) is 12.7. The van der Waals surface area contributed by atoms with Gasteiger partial charge in [-0.05, 0) is 60.0 Å². The Morgan fingerprint density at radius 2 is 1.72 bits per heavy atom. The third kappa shape index (κ3) is 1.72. The smallest absolute Gasteiger partial charge is 0.224 e. The van der Waals surface area contributed by atoms with Crippen LogP contribution in [0.25, 0.3) is 59.1 Å². The quantitative estimate of drug-likeness (QED) is 0.155. The number of hydrogen-bond donors (Lipinski definition) is 0. The molecule has 0 fully saturated rings. The van der Waals surface area contributed by atoms with E-state index in [9.17, 15) is 0 Å². The van der Waals surface area contributed by atoms with Crippen molar-refractivity contribution in [1.82, 2.24) is 4.40 Å². The lowest BCUT2D eigenvalue weighted by atomic mass is 9.96. The first-order valence-corrected chi connectivity index (χ1v) is 10.9. The number of benzene rings is 3. The van der Waals surface area contributed by atoms with E-state index in [0.29, 0.717) is 0 Å². The zero-order chi connectivity index (χ0) is 19.4. The van der Waals surface area contributed by atoms with Crippen molar-refractivity contribution in [3.8, 4) is 0 Å². The Morgan fingerprint density at radius 3 is 2.62 bits per heavy atom. The minimum atomic E-state index is 1.29. The van der Waals surface area contributed by atoms with Crippen molar-refractivity contribution in [1.29, 1.82) is 0 Å². The molecule has 0 aliphatic carbocycles. The van der Waals surface area contributed by atoms with Gasteiger partial charge in [-0.15, -0.1) is 11.3 Å². The monoisotopic (exact) mass is 391 g/mol. The van der Waals surface area contributed by atoms with Gasteiger partial charge in [0.15, 0.2) is 6.20 Å². The van der Waals surface area contributed by atoms with Crippen molar-refractivity contribution in [3.05, 3.63) is 71.2 Å². The Bertz CT molecular complexity index is 1780. The molecule has 7 rings (SSSR count). The molecule has 4 aromatic heterocycles. The van der Waals surface area contributed by atoms with Crippen molar-refractivity contribution in [3.63, 3.8) is 0 Å². The van der Waals surface area contributed by atoms with Crippen LogP contribution in [0.5, 0.6) is 0 Å². The minimum absolute atomic E-state index is 1.29. The van der Waals surface area contributed by atoms with Crippen LogP contribution in [0.15, 0.2) is 60.1 Å². The van der Waals surface area contributed by atoms with E-state index in [1.54, 1.807) is 0 Å². The Hall–Kier alpha value is -3.17. The predicted octanol–water partition coefficient (Wildman–Crippen LogP) is 6.65. The van der Waals surface area contributed by atoms with E-state index in [1.807, 2.05) is 11.3 Å². The van der Waals surface area contributed by atoms with Gasteiger partial charge in [0.05, 0.1) is 27.3 Å². The highest BCUT2D eigenvalue weighted by atomic mass is 32.1. The number of pyridine rings is 2. The van der Waals surface area contributed by atoms with Gasteiger partial charge in [0.2, 0.25) is 5.52 Å². The Labute approximate surface area is 171 Å². The molecular weight excluding hydrogens is 372 g/mol. The zero-order valence-electron chi connectivity index (χ0n) is 16.6. The van der Waals surface area contributed by atoms with Crippen molar-refractivity contribution in [2.24, 2.45) is 7.05 Å². The van der Waals surface area contributed by atoms with Gasteiger partial charge in [-0.2, -0.15) is 0 Å². The molecule has 0 saturated heterocycles. The maximum absolute atomic E-state index is 2.51. The summed E-state index contributed by atoms with van der Waals surface area (Å²) in [4.78, 5) is 0. The van der Waals surface area contributed by atoms with Crippen molar-refractivity contribution < 1.29 is 4.57 Å². The third-order valence-electron chi connectivity index (χ3n) is 6.77. The van der Waals surface area contributed by atoms with E-state index in [1.165, 1.54) is 70.2 Å². The summed E-state index contributed by atoms with van der Waals surface area (Å²) in [5.41, 5.74) is 8.02. The summed E-state index contributed by atoms with van der Waals surface area (Å²) in [7, 11) is 2.18. The van der Waals surface area contributed by atoms with Gasteiger partial charge in [-0.1, -0.05) is 18.2 Å². The first-order chi connectivity index (χ1) is 14.1. The van der Waals surface area contributed by atoms with Crippen LogP contribution >= 0.6 is 11.3 Å². The molecule has 3 aromatic carbocycles. The molecule has 0 bridgehead atoms. The van der Waals surface area contributed by atoms with Crippen LogP contribution in [-0.2, 0) is 7.05 Å². The van der Waals surface area contributed by atoms with E-state index < -0.39 is 0 Å². The summed E-state index contributed by atoms with van der Waals surface area (Å²) in [5.74, 6) is 0. The molecule has 0 atom stereocenters. The van der Waals surface area contributed by atoms with Gasteiger partial charge in [-0.3, -0.25) is 0 Å². The van der Waals surface area contributed by atoms with Gasteiger partial charge in [0.1, 0.15) is 7.05 Å². The summed E-state index contributed by atoms with van der Waals surface area (Å²) in [6.45, 7) is 4.52. The van der Waals surface area contributed by atoms with Crippen LogP contribution in [0.2, 0.25) is 0 Å². The second kappa shape index (κ2) is 5.05. The van der Waals surface area contributed by atoms with E-state index in [0.717, 1.165) is 0 Å². The van der Waals surface area contributed by atoms with Crippen LogP contribution in [0.1, 0.15) is 11.1 Å². The lowest BCUT2D eigenvalue weighted by Gasteiger charge is -2.14. The van der Waals surface area contributed by atoms with E-state index in [4.69, 9.17) is 0 Å². The van der Waals surface area contributed by atoms with Crippen LogP contribution < -0.4 is 4.57 Å². The van der Waals surface area contributed by atoms with E-state index >= 15 is 0 Å². The molecule has 4 heterocycles. The number of thiophene rings is 1. The number of hydrogen-bond acceptors (Lipinski definition) is 1. The van der Waals surface area contributed by atoms with Gasteiger partial charge in [-0.25, -0.2) is 4.57 Å². The number of rotatable bonds is 0. The fourth-order valence-electron chi connectivity index (χ4n) is 5.34. The highest BCUT2D eigenvalue weighted by Gasteiger charge is 2.25. The van der Waals surface area contributed by atoms with Crippen LogP contribution in [0.3, 0.4) is 0 Å². The van der Waals surface area contributed by atoms with Crippen LogP contribution in [0.4, 0.5) is 0 Å². The highest BCUT2D eigenvalue weighted by Crippen LogP contribution is 2.43.